The van der Waals surface area contributed by atoms with Gasteiger partial charge < -0.3 is 14.6 Å². The predicted molar refractivity (Wildman–Crippen MR) is 106 cm³/mol. The molecule has 2 heterocycles. The van der Waals surface area contributed by atoms with E-state index in [4.69, 9.17) is 9.26 Å². The molecule has 5 nitrogen and oxygen atoms in total. The van der Waals surface area contributed by atoms with E-state index in [-0.39, 0.29) is 6.23 Å². The molecule has 4 rings (SSSR count). The maximum Gasteiger partial charge on any atom is 0.237 e. The summed E-state index contributed by atoms with van der Waals surface area (Å²) in [4.78, 5) is 1.98. The summed E-state index contributed by atoms with van der Waals surface area (Å²) in [6, 6.07) is 16.9. The van der Waals surface area contributed by atoms with Gasteiger partial charge in [0, 0.05) is 23.9 Å². The third-order valence-corrected chi connectivity index (χ3v) is 4.92. The Morgan fingerprint density at radius 1 is 1.11 bits per heavy atom. The van der Waals surface area contributed by atoms with Crippen LogP contribution >= 0.6 is 0 Å². The van der Waals surface area contributed by atoms with Crippen LogP contribution in [0.4, 0.5) is 5.88 Å². The second kappa shape index (κ2) is 7.29. The number of ether oxygens (including phenoxy) is 1. The monoisotopic (exact) mass is 361 g/mol. The summed E-state index contributed by atoms with van der Waals surface area (Å²) < 4.78 is 11.4. The van der Waals surface area contributed by atoms with E-state index in [0.717, 1.165) is 23.4 Å². The van der Waals surface area contributed by atoms with Gasteiger partial charge in [0.1, 0.15) is 6.26 Å². The number of nitrogens with zero attached hydrogens (tertiary/aromatic N) is 2. The van der Waals surface area contributed by atoms with Crippen LogP contribution in [-0.2, 0) is 11.3 Å². The first kappa shape index (κ1) is 17.4. The van der Waals surface area contributed by atoms with Gasteiger partial charge in [0.25, 0.3) is 0 Å². The highest BCUT2D eigenvalue weighted by atomic mass is 16.5. The summed E-state index contributed by atoms with van der Waals surface area (Å²) in [7, 11) is 1.96. The number of nitrogens with one attached hydrogen (secondary N) is 1. The molecule has 0 aliphatic carbocycles. The molecule has 138 valence electrons. The van der Waals surface area contributed by atoms with Gasteiger partial charge in [-0.05, 0) is 43.7 Å². The summed E-state index contributed by atoms with van der Waals surface area (Å²) >= 11 is 0. The average Bonchev–Trinajstić information content (AvgIpc) is 3.30. The second-order valence-corrected chi connectivity index (χ2v) is 6.69. The van der Waals surface area contributed by atoms with E-state index in [1.807, 2.05) is 38.1 Å². The van der Waals surface area contributed by atoms with E-state index in [1.54, 1.807) is 6.26 Å². The lowest BCUT2D eigenvalue weighted by atomic mass is 9.96. The number of aromatic nitrogens is 1. The summed E-state index contributed by atoms with van der Waals surface area (Å²) in [5.41, 5.74) is 6.63. The second-order valence-electron chi connectivity index (χ2n) is 6.69. The molecule has 0 saturated heterocycles. The lowest BCUT2D eigenvalue weighted by Crippen LogP contribution is -2.20. The molecule has 0 bridgehead atoms. The average molecular weight is 361 g/mol. The van der Waals surface area contributed by atoms with Gasteiger partial charge in [-0.1, -0.05) is 47.6 Å². The van der Waals surface area contributed by atoms with Crippen LogP contribution in [0.25, 0.3) is 11.1 Å². The van der Waals surface area contributed by atoms with E-state index in [0.29, 0.717) is 5.88 Å². The summed E-state index contributed by atoms with van der Waals surface area (Å²) in [6.45, 7) is 4.73. The van der Waals surface area contributed by atoms with E-state index in [2.05, 4.69) is 52.9 Å². The first-order valence-corrected chi connectivity index (χ1v) is 9.05. The van der Waals surface area contributed by atoms with E-state index < -0.39 is 0 Å². The Morgan fingerprint density at radius 3 is 2.63 bits per heavy atom. The summed E-state index contributed by atoms with van der Waals surface area (Å²) in [5, 5.41) is 7.34. The molecule has 0 radical (unpaired) electrons. The van der Waals surface area contributed by atoms with Crippen LogP contribution in [0.15, 0.2) is 65.5 Å². The van der Waals surface area contributed by atoms with Crippen LogP contribution in [0, 0.1) is 13.8 Å². The van der Waals surface area contributed by atoms with Crippen LogP contribution in [0.5, 0.6) is 0 Å². The fourth-order valence-corrected chi connectivity index (χ4v) is 3.38. The predicted octanol–water partition coefficient (Wildman–Crippen LogP) is 4.68. The maximum atomic E-state index is 5.89. The fourth-order valence-electron chi connectivity index (χ4n) is 3.38. The van der Waals surface area contributed by atoms with Gasteiger partial charge in [0.15, 0.2) is 0 Å². The Labute approximate surface area is 159 Å². The van der Waals surface area contributed by atoms with Gasteiger partial charge >= 0.3 is 0 Å². The van der Waals surface area contributed by atoms with Gasteiger partial charge in [-0.15, -0.1) is 0 Å². The van der Waals surface area contributed by atoms with Crippen LogP contribution in [0.3, 0.4) is 0 Å². The summed E-state index contributed by atoms with van der Waals surface area (Å²) in [5.74, 6) is 0.716. The largest absolute Gasteiger partial charge is 0.472 e. The molecule has 5 heteroatoms. The Balaban J connectivity index is 1.71. The smallest absolute Gasteiger partial charge is 0.237 e. The zero-order valence-electron chi connectivity index (χ0n) is 15.8. The molecule has 1 atom stereocenters. The number of hydrogen-bond donors (Lipinski definition) is 1. The van der Waals surface area contributed by atoms with Crippen molar-refractivity contribution in [3.05, 3.63) is 83.4 Å². The van der Waals surface area contributed by atoms with Gasteiger partial charge in [-0.3, -0.25) is 4.90 Å². The zero-order valence-corrected chi connectivity index (χ0v) is 15.8. The van der Waals surface area contributed by atoms with Gasteiger partial charge in [0.2, 0.25) is 12.1 Å². The number of aryl methyl sites for hydroxylation is 1. The standard InChI is InChI=1S/C22H23N3O2/c1-15-16(2)24-27-21(15)25-11-12-26-22(25)18-9-10-20(19(13-18)14-23-3)17-7-5-4-6-8-17/h4-13,22-23H,14H2,1-3H3. The SMILES string of the molecule is CNCc1cc(C2OC=CN2c2onc(C)c2C)ccc1-c1ccccc1. The van der Waals surface area contributed by atoms with Crippen LogP contribution in [-0.4, -0.2) is 12.2 Å². The van der Waals surface area contributed by atoms with E-state index in [1.165, 1.54) is 16.7 Å². The third-order valence-electron chi connectivity index (χ3n) is 4.92. The van der Waals surface area contributed by atoms with Crippen molar-refractivity contribution >= 4 is 5.88 Å². The Hall–Kier alpha value is -3.05. The lowest BCUT2D eigenvalue weighted by molar-refractivity contribution is 0.169. The molecule has 1 aliphatic rings. The molecule has 0 saturated carbocycles. The van der Waals surface area contributed by atoms with Gasteiger partial charge in [-0.2, -0.15) is 0 Å². The summed E-state index contributed by atoms with van der Waals surface area (Å²) in [6.07, 6.45) is 3.32. The minimum Gasteiger partial charge on any atom is -0.472 e. The van der Waals surface area contributed by atoms with Crippen molar-refractivity contribution < 1.29 is 9.26 Å². The molecular formula is C22H23N3O2. The van der Waals surface area contributed by atoms with Crippen molar-refractivity contribution in [3.8, 4) is 11.1 Å². The highest BCUT2D eigenvalue weighted by Gasteiger charge is 2.29. The molecule has 3 aromatic rings. The van der Waals surface area contributed by atoms with Crippen LogP contribution in [0.1, 0.15) is 28.6 Å². The van der Waals surface area contributed by atoms with Gasteiger partial charge in [0.05, 0.1) is 5.69 Å². The molecule has 27 heavy (non-hydrogen) atoms. The van der Waals surface area contributed by atoms with Crippen LogP contribution in [0.2, 0.25) is 0 Å². The fraction of sp³-hybridized carbons (Fsp3) is 0.227. The molecule has 1 aromatic heterocycles. The first-order chi connectivity index (χ1) is 13.2. The lowest BCUT2D eigenvalue weighted by Gasteiger charge is -2.23. The Morgan fingerprint density at radius 2 is 1.93 bits per heavy atom. The van der Waals surface area contributed by atoms with Crippen molar-refractivity contribution in [1.82, 2.24) is 10.5 Å². The first-order valence-electron chi connectivity index (χ1n) is 9.05. The highest BCUT2D eigenvalue weighted by molar-refractivity contribution is 5.68. The zero-order chi connectivity index (χ0) is 18.8. The van der Waals surface area contributed by atoms with Crippen LogP contribution < -0.4 is 10.2 Å². The molecule has 1 aliphatic heterocycles. The Kier molecular flexibility index (Phi) is 4.69. The van der Waals surface area contributed by atoms with E-state index in [9.17, 15) is 0 Å². The van der Waals surface area contributed by atoms with Crippen molar-refractivity contribution in [2.75, 3.05) is 11.9 Å². The quantitative estimate of drug-likeness (QED) is 0.715. The molecule has 0 spiro atoms. The molecule has 1 unspecified atom stereocenters. The number of benzene rings is 2. The topological polar surface area (TPSA) is 50.5 Å². The van der Waals surface area contributed by atoms with Crippen molar-refractivity contribution in [2.45, 2.75) is 26.6 Å². The minimum atomic E-state index is -0.267. The number of hydrogen-bond acceptors (Lipinski definition) is 5. The van der Waals surface area contributed by atoms with Crippen molar-refractivity contribution in [1.29, 1.82) is 0 Å². The maximum absolute atomic E-state index is 5.89. The minimum absolute atomic E-state index is 0.267. The molecule has 1 N–H and O–H groups in total. The molecule has 2 aromatic carbocycles. The van der Waals surface area contributed by atoms with E-state index >= 15 is 0 Å². The third kappa shape index (κ3) is 3.22. The number of anilines is 1. The molecule has 0 amide bonds. The van der Waals surface area contributed by atoms with Gasteiger partial charge in [-0.25, -0.2) is 0 Å². The highest BCUT2D eigenvalue weighted by Crippen LogP contribution is 2.37. The Bertz CT molecular complexity index is 963. The normalized spacial score (nSPS) is 16.0. The van der Waals surface area contributed by atoms with Crippen molar-refractivity contribution in [2.24, 2.45) is 0 Å². The number of rotatable bonds is 5. The van der Waals surface area contributed by atoms with Crippen molar-refractivity contribution in [3.63, 3.8) is 0 Å². The molecular weight excluding hydrogens is 338 g/mol. The molecule has 0 fully saturated rings.